The minimum Gasteiger partial charge on any atom is -0.493 e. The summed E-state index contributed by atoms with van der Waals surface area (Å²) in [4.78, 5) is 25.9. The number of benzene rings is 2. The van der Waals surface area contributed by atoms with Crippen molar-refractivity contribution in [1.82, 2.24) is 5.32 Å². The summed E-state index contributed by atoms with van der Waals surface area (Å²) in [5, 5.41) is 2.55. The topological polar surface area (TPSA) is 67.9 Å². The Labute approximate surface area is 141 Å². The largest absolute Gasteiger partial charge is 0.493 e. The van der Waals surface area contributed by atoms with Crippen LogP contribution in [-0.2, 0) is 4.79 Å². The Bertz CT molecular complexity index is 728. The highest BCUT2D eigenvalue weighted by molar-refractivity contribution is 5.96. The number of amides is 1. The molecule has 0 saturated carbocycles. The number of hydrogen-bond donors (Lipinski definition) is 1. The summed E-state index contributed by atoms with van der Waals surface area (Å²) in [6, 6.07) is 13.9. The van der Waals surface area contributed by atoms with Crippen molar-refractivity contribution in [3.05, 3.63) is 54.1 Å². The van der Waals surface area contributed by atoms with E-state index in [1.54, 1.807) is 42.5 Å². The molecule has 1 N–H and O–H groups in total. The second-order valence-electron chi connectivity index (χ2n) is 5.25. The van der Waals surface area contributed by atoms with Gasteiger partial charge in [-0.3, -0.25) is 4.79 Å². The lowest BCUT2D eigenvalue weighted by atomic mass is 10.2. The lowest BCUT2D eigenvalue weighted by Crippen LogP contribution is -2.32. The predicted molar refractivity (Wildman–Crippen MR) is 91.7 cm³/mol. The molecule has 0 aliphatic heterocycles. The molecule has 0 bridgehead atoms. The zero-order chi connectivity index (χ0) is 17.5. The molecule has 2 aromatic rings. The average Bonchev–Trinajstić information content (AvgIpc) is 2.60. The number of anilines is 1. The Morgan fingerprint density at radius 3 is 2.42 bits per heavy atom. The van der Waals surface area contributed by atoms with Gasteiger partial charge < -0.3 is 19.7 Å². The molecule has 6 heteroatoms. The van der Waals surface area contributed by atoms with Gasteiger partial charge in [-0.2, -0.15) is 0 Å². The van der Waals surface area contributed by atoms with Crippen LogP contribution >= 0.6 is 0 Å². The lowest BCUT2D eigenvalue weighted by molar-refractivity contribution is -0.133. The minimum atomic E-state index is -0.573. The third kappa shape index (κ3) is 4.49. The number of hydrogen-bond acceptors (Lipinski definition) is 5. The molecule has 2 rings (SSSR count). The number of carbonyl (C=O) groups is 2. The van der Waals surface area contributed by atoms with Crippen LogP contribution < -0.4 is 19.7 Å². The van der Waals surface area contributed by atoms with E-state index in [2.05, 4.69) is 5.32 Å². The minimum absolute atomic E-state index is 0.233. The molecule has 2 aromatic carbocycles. The summed E-state index contributed by atoms with van der Waals surface area (Å²) < 4.78 is 10.3. The average molecular weight is 328 g/mol. The molecule has 0 aromatic heterocycles. The van der Waals surface area contributed by atoms with Crippen LogP contribution in [0.1, 0.15) is 10.4 Å². The molecule has 24 heavy (non-hydrogen) atoms. The zero-order valence-corrected chi connectivity index (χ0v) is 13.9. The van der Waals surface area contributed by atoms with Crippen molar-refractivity contribution in [3.8, 4) is 11.5 Å². The van der Waals surface area contributed by atoms with E-state index in [0.29, 0.717) is 17.1 Å². The van der Waals surface area contributed by atoms with Crippen molar-refractivity contribution in [3.63, 3.8) is 0 Å². The SMILES string of the molecule is COc1ccccc1OC(=O)CNC(=O)c1cccc(N(C)C)c1. The normalized spacial score (nSPS) is 9.96. The molecule has 0 atom stereocenters. The van der Waals surface area contributed by atoms with Crippen LogP contribution in [0.4, 0.5) is 5.69 Å². The maximum absolute atomic E-state index is 12.1. The highest BCUT2D eigenvalue weighted by Gasteiger charge is 2.12. The van der Waals surface area contributed by atoms with Crippen LogP contribution in [0.15, 0.2) is 48.5 Å². The third-order valence-corrected chi connectivity index (χ3v) is 3.31. The number of methoxy groups -OCH3 is 1. The van der Waals surface area contributed by atoms with Gasteiger partial charge in [0.05, 0.1) is 7.11 Å². The monoisotopic (exact) mass is 328 g/mol. The Morgan fingerprint density at radius 1 is 1.04 bits per heavy atom. The Hall–Kier alpha value is -3.02. The van der Waals surface area contributed by atoms with E-state index >= 15 is 0 Å². The van der Waals surface area contributed by atoms with Gasteiger partial charge in [-0.05, 0) is 30.3 Å². The molecular weight excluding hydrogens is 308 g/mol. The van der Waals surface area contributed by atoms with E-state index in [-0.39, 0.29) is 12.5 Å². The molecule has 1 amide bonds. The van der Waals surface area contributed by atoms with Gasteiger partial charge >= 0.3 is 5.97 Å². The number of nitrogens with zero attached hydrogens (tertiary/aromatic N) is 1. The molecule has 0 saturated heterocycles. The summed E-state index contributed by atoms with van der Waals surface area (Å²) in [5.74, 6) is -0.142. The zero-order valence-electron chi connectivity index (χ0n) is 13.9. The second-order valence-corrected chi connectivity index (χ2v) is 5.25. The van der Waals surface area contributed by atoms with Gasteiger partial charge in [0.1, 0.15) is 6.54 Å². The quantitative estimate of drug-likeness (QED) is 0.650. The van der Waals surface area contributed by atoms with E-state index in [0.717, 1.165) is 5.69 Å². The number of nitrogens with one attached hydrogen (secondary N) is 1. The van der Waals surface area contributed by atoms with Crippen molar-refractivity contribution >= 4 is 17.6 Å². The fourth-order valence-electron chi connectivity index (χ4n) is 2.04. The van der Waals surface area contributed by atoms with Gasteiger partial charge in [-0.15, -0.1) is 0 Å². The molecular formula is C18H20N2O4. The first-order chi connectivity index (χ1) is 11.5. The first-order valence-corrected chi connectivity index (χ1v) is 7.40. The molecule has 0 spiro atoms. The molecule has 0 radical (unpaired) electrons. The molecule has 6 nitrogen and oxygen atoms in total. The lowest BCUT2D eigenvalue weighted by Gasteiger charge is -2.13. The summed E-state index contributed by atoms with van der Waals surface area (Å²) in [6.45, 7) is -0.233. The van der Waals surface area contributed by atoms with Crippen LogP contribution in [0.3, 0.4) is 0 Å². The van der Waals surface area contributed by atoms with Crippen LogP contribution in [0.5, 0.6) is 11.5 Å². The summed E-state index contributed by atoms with van der Waals surface area (Å²) in [6.07, 6.45) is 0. The van der Waals surface area contributed by atoms with E-state index in [1.807, 2.05) is 25.1 Å². The Morgan fingerprint density at radius 2 is 1.75 bits per heavy atom. The number of para-hydroxylation sites is 2. The van der Waals surface area contributed by atoms with Gasteiger partial charge in [-0.25, -0.2) is 4.79 Å². The summed E-state index contributed by atoms with van der Waals surface area (Å²) in [7, 11) is 5.27. The first-order valence-electron chi connectivity index (χ1n) is 7.40. The molecule has 0 unspecified atom stereocenters. The van der Waals surface area contributed by atoms with Gasteiger partial charge in [-0.1, -0.05) is 18.2 Å². The van der Waals surface area contributed by atoms with Gasteiger partial charge in [0.2, 0.25) is 0 Å². The summed E-state index contributed by atoms with van der Waals surface area (Å²) >= 11 is 0. The van der Waals surface area contributed by atoms with Crippen LogP contribution in [0, 0.1) is 0 Å². The van der Waals surface area contributed by atoms with E-state index in [9.17, 15) is 9.59 Å². The molecule has 126 valence electrons. The molecule has 0 fully saturated rings. The maximum atomic E-state index is 12.1. The molecule has 0 aliphatic rings. The van der Waals surface area contributed by atoms with Crippen molar-refractivity contribution in [2.24, 2.45) is 0 Å². The highest BCUT2D eigenvalue weighted by Crippen LogP contribution is 2.25. The standard InChI is InChI=1S/C18H20N2O4/c1-20(2)14-8-6-7-13(11-14)18(22)19-12-17(21)24-16-10-5-4-9-15(16)23-3/h4-11H,12H2,1-3H3,(H,19,22). The number of esters is 1. The highest BCUT2D eigenvalue weighted by atomic mass is 16.6. The van der Waals surface area contributed by atoms with Crippen LogP contribution in [0.2, 0.25) is 0 Å². The number of ether oxygens (including phenoxy) is 2. The van der Waals surface area contributed by atoms with Crippen molar-refractivity contribution < 1.29 is 19.1 Å². The Kier molecular flexibility index (Phi) is 5.78. The van der Waals surface area contributed by atoms with Crippen LogP contribution in [-0.4, -0.2) is 39.6 Å². The maximum Gasteiger partial charge on any atom is 0.330 e. The fourth-order valence-corrected chi connectivity index (χ4v) is 2.04. The van der Waals surface area contributed by atoms with Crippen LogP contribution in [0.25, 0.3) is 0 Å². The van der Waals surface area contributed by atoms with E-state index < -0.39 is 5.97 Å². The Balaban J connectivity index is 1.94. The van der Waals surface area contributed by atoms with Gasteiger partial charge in [0.15, 0.2) is 11.5 Å². The third-order valence-electron chi connectivity index (χ3n) is 3.31. The van der Waals surface area contributed by atoms with Crippen molar-refractivity contribution in [1.29, 1.82) is 0 Å². The van der Waals surface area contributed by atoms with Gasteiger partial charge in [0, 0.05) is 25.3 Å². The molecule has 0 heterocycles. The van der Waals surface area contributed by atoms with E-state index in [1.165, 1.54) is 7.11 Å². The van der Waals surface area contributed by atoms with Crippen molar-refractivity contribution in [2.45, 2.75) is 0 Å². The first kappa shape index (κ1) is 17.3. The molecule has 0 aliphatic carbocycles. The fraction of sp³-hybridized carbons (Fsp3) is 0.222. The van der Waals surface area contributed by atoms with Gasteiger partial charge in [0.25, 0.3) is 5.91 Å². The number of rotatable bonds is 6. The van der Waals surface area contributed by atoms with Crippen molar-refractivity contribution in [2.75, 3.05) is 32.6 Å². The van der Waals surface area contributed by atoms with E-state index in [4.69, 9.17) is 9.47 Å². The number of carbonyl (C=O) groups excluding carboxylic acids is 2. The summed E-state index contributed by atoms with van der Waals surface area (Å²) in [5.41, 5.74) is 1.38. The predicted octanol–water partition coefficient (Wildman–Crippen LogP) is 2.10. The second kappa shape index (κ2) is 8.01. The smallest absolute Gasteiger partial charge is 0.330 e.